The molecule has 20 heavy (non-hydrogen) atoms. The molecule has 0 aliphatic heterocycles. The molecule has 0 bridgehead atoms. The lowest BCUT2D eigenvalue weighted by Gasteiger charge is -2.11. The van der Waals surface area contributed by atoms with Crippen LogP contribution in [0.25, 0.3) is 10.8 Å². The fourth-order valence-electron chi connectivity index (χ4n) is 2.12. The normalized spacial score (nSPS) is 11.0. The zero-order valence-electron chi connectivity index (χ0n) is 12.2. The summed E-state index contributed by atoms with van der Waals surface area (Å²) in [6.07, 6.45) is 1.68. The maximum absolute atomic E-state index is 12.0. The van der Waals surface area contributed by atoms with Crippen molar-refractivity contribution in [2.75, 3.05) is 21.2 Å². The molecule has 0 spiro atoms. The molecule has 0 atom stereocenters. The SMILES string of the molecule is COC(=O)c1cc(C)c2ccccc2c1N=CN(C)C. The van der Waals surface area contributed by atoms with E-state index in [1.54, 1.807) is 6.34 Å². The highest BCUT2D eigenvalue weighted by Gasteiger charge is 2.16. The molecule has 0 aliphatic carbocycles. The number of hydrogen-bond donors (Lipinski definition) is 0. The fourth-order valence-corrected chi connectivity index (χ4v) is 2.12. The van der Waals surface area contributed by atoms with E-state index in [4.69, 9.17) is 4.74 Å². The maximum atomic E-state index is 12.0. The van der Waals surface area contributed by atoms with Crippen molar-refractivity contribution in [3.8, 4) is 0 Å². The summed E-state index contributed by atoms with van der Waals surface area (Å²) in [6, 6.07) is 9.75. The number of aliphatic imine (C=N–C) groups is 1. The lowest BCUT2D eigenvalue weighted by atomic mass is 9.99. The van der Waals surface area contributed by atoms with Crippen molar-refractivity contribution < 1.29 is 9.53 Å². The van der Waals surface area contributed by atoms with Crippen molar-refractivity contribution in [2.45, 2.75) is 6.92 Å². The Morgan fingerprint density at radius 3 is 2.50 bits per heavy atom. The highest BCUT2D eigenvalue weighted by molar-refractivity contribution is 6.07. The zero-order valence-corrected chi connectivity index (χ0v) is 12.2. The van der Waals surface area contributed by atoms with E-state index in [2.05, 4.69) is 4.99 Å². The Balaban J connectivity index is 2.77. The molecule has 0 unspecified atom stereocenters. The number of nitrogens with zero attached hydrogens (tertiary/aromatic N) is 2. The second-order valence-electron chi connectivity index (χ2n) is 4.83. The summed E-state index contributed by atoms with van der Waals surface area (Å²) in [4.78, 5) is 18.2. The zero-order chi connectivity index (χ0) is 14.7. The lowest BCUT2D eigenvalue weighted by molar-refractivity contribution is 0.0602. The van der Waals surface area contributed by atoms with Crippen LogP contribution in [0.2, 0.25) is 0 Å². The summed E-state index contributed by atoms with van der Waals surface area (Å²) in [6.45, 7) is 1.98. The van der Waals surface area contributed by atoms with Gasteiger partial charge < -0.3 is 9.64 Å². The first-order valence-corrected chi connectivity index (χ1v) is 6.36. The van der Waals surface area contributed by atoms with E-state index in [1.807, 2.05) is 56.3 Å². The molecule has 0 aliphatic rings. The summed E-state index contributed by atoms with van der Waals surface area (Å²) in [5.41, 5.74) is 2.17. The number of benzene rings is 2. The van der Waals surface area contributed by atoms with Gasteiger partial charge in [-0.1, -0.05) is 24.3 Å². The third kappa shape index (κ3) is 2.64. The smallest absolute Gasteiger partial charge is 0.340 e. The van der Waals surface area contributed by atoms with Gasteiger partial charge in [0.05, 0.1) is 24.7 Å². The quantitative estimate of drug-likeness (QED) is 0.489. The van der Waals surface area contributed by atoms with E-state index in [0.29, 0.717) is 11.3 Å². The second-order valence-corrected chi connectivity index (χ2v) is 4.83. The van der Waals surface area contributed by atoms with Crippen molar-refractivity contribution >= 4 is 28.8 Å². The Hall–Kier alpha value is -2.36. The van der Waals surface area contributed by atoms with Gasteiger partial charge in [-0.2, -0.15) is 0 Å². The number of aryl methyl sites for hydroxylation is 1. The first-order valence-electron chi connectivity index (χ1n) is 6.36. The monoisotopic (exact) mass is 270 g/mol. The van der Waals surface area contributed by atoms with Crippen LogP contribution in [0.3, 0.4) is 0 Å². The van der Waals surface area contributed by atoms with Gasteiger partial charge in [0.1, 0.15) is 0 Å². The van der Waals surface area contributed by atoms with Crippen molar-refractivity contribution in [3.63, 3.8) is 0 Å². The van der Waals surface area contributed by atoms with Crippen LogP contribution >= 0.6 is 0 Å². The minimum Gasteiger partial charge on any atom is -0.465 e. The highest BCUT2D eigenvalue weighted by atomic mass is 16.5. The van der Waals surface area contributed by atoms with Gasteiger partial charge >= 0.3 is 5.97 Å². The van der Waals surface area contributed by atoms with Crippen molar-refractivity contribution in [2.24, 2.45) is 4.99 Å². The highest BCUT2D eigenvalue weighted by Crippen LogP contribution is 2.33. The number of esters is 1. The summed E-state index contributed by atoms with van der Waals surface area (Å²) < 4.78 is 4.86. The minimum absolute atomic E-state index is 0.371. The predicted octanol–water partition coefficient (Wildman–Crippen LogP) is 3.16. The first kappa shape index (κ1) is 14.1. The van der Waals surface area contributed by atoms with Crippen molar-refractivity contribution in [3.05, 3.63) is 41.5 Å². The number of methoxy groups -OCH3 is 1. The predicted molar refractivity (Wildman–Crippen MR) is 81.9 cm³/mol. The molecule has 0 aromatic heterocycles. The molecular weight excluding hydrogens is 252 g/mol. The molecule has 2 rings (SSSR count). The molecule has 0 saturated heterocycles. The molecule has 0 N–H and O–H groups in total. The number of hydrogen-bond acceptors (Lipinski definition) is 3. The molecule has 4 heteroatoms. The maximum Gasteiger partial charge on any atom is 0.340 e. The minimum atomic E-state index is -0.371. The molecule has 0 radical (unpaired) electrons. The second kappa shape index (κ2) is 5.74. The van der Waals surface area contributed by atoms with Gasteiger partial charge in [-0.25, -0.2) is 9.79 Å². The Kier molecular flexibility index (Phi) is 4.03. The van der Waals surface area contributed by atoms with Crippen LogP contribution in [0, 0.1) is 6.92 Å². The summed E-state index contributed by atoms with van der Waals surface area (Å²) in [5, 5.41) is 2.04. The molecule has 2 aromatic rings. The van der Waals surface area contributed by atoms with Gasteiger partial charge in [0.15, 0.2) is 0 Å². The van der Waals surface area contributed by atoms with Crippen LogP contribution in [0.15, 0.2) is 35.3 Å². The van der Waals surface area contributed by atoms with Gasteiger partial charge in [0, 0.05) is 19.5 Å². The van der Waals surface area contributed by atoms with Gasteiger partial charge in [0.2, 0.25) is 0 Å². The largest absolute Gasteiger partial charge is 0.465 e. The number of carbonyl (C=O) groups excluding carboxylic acids is 1. The first-order chi connectivity index (χ1) is 9.54. The standard InChI is InChI=1S/C16H18N2O2/c1-11-9-14(16(19)20-4)15(17-10-18(2)3)13-8-6-5-7-12(11)13/h5-10H,1-4H3. The van der Waals surface area contributed by atoms with Crippen LogP contribution in [-0.2, 0) is 4.74 Å². The van der Waals surface area contributed by atoms with Gasteiger partial charge in [-0.3, -0.25) is 0 Å². The van der Waals surface area contributed by atoms with Crippen molar-refractivity contribution in [1.29, 1.82) is 0 Å². The van der Waals surface area contributed by atoms with Crippen molar-refractivity contribution in [1.82, 2.24) is 4.90 Å². The third-order valence-corrected chi connectivity index (χ3v) is 3.05. The Morgan fingerprint density at radius 2 is 1.90 bits per heavy atom. The summed E-state index contributed by atoms with van der Waals surface area (Å²) >= 11 is 0. The third-order valence-electron chi connectivity index (χ3n) is 3.05. The van der Waals surface area contributed by atoms with E-state index in [0.717, 1.165) is 16.3 Å². The molecule has 0 fully saturated rings. The Morgan fingerprint density at radius 1 is 1.25 bits per heavy atom. The fraction of sp³-hybridized carbons (Fsp3) is 0.250. The number of rotatable bonds is 3. The molecule has 4 nitrogen and oxygen atoms in total. The molecule has 104 valence electrons. The van der Waals surface area contributed by atoms with Crippen LogP contribution in [0.5, 0.6) is 0 Å². The van der Waals surface area contributed by atoms with E-state index in [1.165, 1.54) is 7.11 Å². The molecule has 0 heterocycles. The molecular formula is C16H18N2O2. The summed E-state index contributed by atoms with van der Waals surface area (Å²) in [5.74, 6) is -0.371. The number of fused-ring (bicyclic) bond motifs is 1. The van der Waals surface area contributed by atoms with Crippen LogP contribution < -0.4 is 0 Å². The van der Waals surface area contributed by atoms with E-state index >= 15 is 0 Å². The molecule has 0 amide bonds. The van der Waals surface area contributed by atoms with Gasteiger partial charge in [-0.15, -0.1) is 0 Å². The van der Waals surface area contributed by atoms with Crippen LogP contribution in [-0.4, -0.2) is 38.4 Å². The average Bonchev–Trinajstić information content (AvgIpc) is 2.45. The van der Waals surface area contributed by atoms with Crippen LogP contribution in [0.4, 0.5) is 5.69 Å². The Labute approximate surface area is 118 Å². The summed E-state index contributed by atoms with van der Waals surface area (Å²) in [7, 11) is 5.15. The van der Waals surface area contributed by atoms with Gasteiger partial charge in [0.25, 0.3) is 0 Å². The van der Waals surface area contributed by atoms with Gasteiger partial charge in [-0.05, 0) is 23.9 Å². The topological polar surface area (TPSA) is 41.9 Å². The lowest BCUT2D eigenvalue weighted by Crippen LogP contribution is -2.08. The number of carbonyl (C=O) groups is 1. The molecule has 0 saturated carbocycles. The molecule has 2 aromatic carbocycles. The van der Waals surface area contributed by atoms with E-state index in [9.17, 15) is 4.79 Å². The van der Waals surface area contributed by atoms with E-state index in [-0.39, 0.29) is 5.97 Å². The van der Waals surface area contributed by atoms with E-state index < -0.39 is 0 Å². The Bertz CT molecular complexity index is 675. The number of ether oxygens (including phenoxy) is 1. The average molecular weight is 270 g/mol. The van der Waals surface area contributed by atoms with Crippen LogP contribution in [0.1, 0.15) is 15.9 Å².